The normalized spacial score (nSPS) is 12.5. The van der Waals surface area contributed by atoms with Gasteiger partial charge in [0, 0.05) is 0 Å². The summed E-state index contributed by atoms with van der Waals surface area (Å²) in [6.45, 7) is 0. The summed E-state index contributed by atoms with van der Waals surface area (Å²) in [6.07, 6.45) is 0.578. The summed E-state index contributed by atoms with van der Waals surface area (Å²) in [7, 11) is 0. The second-order valence-electron chi connectivity index (χ2n) is 2.22. The molecule has 0 aromatic heterocycles. The third-order valence-electron chi connectivity index (χ3n) is 1.38. The number of aldehydes is 1. The Balaban J connectivity index is 2.95. The summed E-state index contributed by atoms with van der Waals surface area (Å²) < 4.78 is 12.5. The maximum atomic E-state index is 12.5. The van der Waals surface area contributed by atoms with Gasteiger partial charge in [0.05, 0.1) is 6.04 Å². The average Bonchev–Trinajstić information content (AvgIpc) is 2.03. The fourth-order valence-corrected chi connectivity index (χ4v) is 0.792. The van der Waals surface area contributed by atoms with Crippen LogP contribution in [0.15, 0.2) is 24.3 Å². The van der Waals surface area contributed by atoms with E-state index >= 15 is 0 Å². The maximum absolute atomic E-state index is 12.5. The van der Waals surface area contributed by atoms with Crippen molar-refractivity contribution in [2.45, 2.75) is 6.04 Å². The molecule has 0 spiro atoms. The number of hydrogen-bond acceptors (Lipinski definition) is 2. The Morgan fingerprint density at radius 2 is 2.27 bits per heavy atom. The van der Waals surface area contributed by atoms with Crippen LogP contribution in [0.2, 0.25) is 0 Å². The van der Waals surface area contributed by atoms with Gasteiger partial charge in [0.15, 0.2) is 0 Å². The van der Waals surface area contributed by atoms with Crippen LogP contribution in [-0.2, 0) is 4.79 Å². The van der Waals surface area contributed by atoms with Crippen molar-refractivity contribution >= 4 is 6.29 Å². The molecule has 0 amide bonds. The summed E-state index contributed by atoms with van der Waals surface area (Å²) in [6, 6.07) is 4.97. The number of hydrogen-bond donors (Lipinski definition) is 1. The molecule has 1 rings (SSSR count). The lowest BCUT2D eigenvalue weighted by atomic mass is 10.1. The summed E-state index contributed by atoms with van der Waals surface area (Å²) in [5.74, 6) is -0.375. The van der Waals surface area contributed by atoms with Crippen molar-refractivity contribution in [3.63, 3.8) is 0 Å². The van der Waals surface area contributed by atoms with Crippen LogP contribution in [0.3, 0.4) is 0 Å². The first-order valence-corrected chi connectivity index (χ1v) is 3.20. The molecule has 0 aliphatic heterocycles. The van der Waals surface area contributed by atoms with Crippen LogP contribution in [0.5, 0.6) is 0 Å². The molecular formula is C8H8FNO. The molecule has 0 aliphatic rings. The standard InChI is InChI=1S/C8H8FNO/c9-7-3-1-2-6(4-7)8(10)5-11/h1-5,8H,10H2. The molecule has 0 saturated carbocycles. The van der Waals surface area contributed by atoms with E-state index < -0.39 is 6.04 Å². The molecule has 0 heterocycles. The molecule has 11 heavy (non-hydrogen) atoms. The van der Waals surface area contributed by atoms with Crippen molar-refractivity contribution in [1.29, 1.82) is 0 Å². The van der Waals surface area contributed by atoms with Crippen LogP contribution in [0.25, 0.3) is 0 Å². The summed E-state index contributed by atoms with van der Waals surface area (Å²) in [4.78, 5) is 10.2. The first-order valence-electron chi connectivity index (χ1n) is 3.20. The van der Waals surface area contributed by atoms with Gasteiger partial charge in [-0.3, -0.25) is 0 Å². The zero-order valence-corrected chi connectivity index (χ0v) is 5.83. The number of rotatable bonds is 2. The van der Waals surface area contributed by atoms with E-state index in [4.69, 9.17) is 5.73 Å². The second kappa shape index (κ2) is 3.25. The van der Waals surface area contributed by atoms with Crippen LogP contribution in [-0.4, -0.2) is 6.29 Å². The van der Waals surface area contributed by atoms with Crippen molar-refractivity contribution in [1.82, 2.24) is 0 Å². The predicted octanol–water partition coefficient (Wildman–Crippen LogP) is 1.02. The Hall–Kier alpha value is -1.22. The van der Waals surface area contributed by atoms with Crippen molar-refractivity contribution in [2.75, 3.05) is 0 Å². The zero-order chi connectivity index (χ0) is 8.27. The van der Waals surface area contributed by atoms with Gasteiger partial charge in [0.1, 0.15) is 12.1 Å². The molecule has 0 fully saturated rings. The van der Waals surface area contributed by atoms with E-state index in [0.29, 0.717) is 11.8 Å². The van der Waals surface area contributed by atoms with E-state index in [-0.39, 0.29) is 5.82 Å². The van der Waals surface area contributed by atoms with Crippen LogP contribution >= 0.6 is 0 Å². The highest BCUT2D eigenvalue weighted by molar-refractivity contribution is 5.60. The molecule has 2 N–H and O–H groups in total. The van der Waals surface area contributed by atoms with E-state index in [1.165, 1.54) is 18.2 Å². The molecule has 2 nitrogen and oxygen atoms in total. The zero-order valence-electron chi connectivity index (χ0n) is 5.83. The Morgan fingerprint density at radius 3 is 2.82 bits per heavy atom. The fraction of sp³-hybridized carbons (Fsp3) is 0.125. The molecule has 0 radical (unpaired) electrons. The van der Waals surface area contributed by atoms with Gasteiger partial charge in [-0.2, -0.15) is 0 Å². The van der Waals surface area contributed by atoms with Crippen molar-refractivity contribution in [2.24, 2.45) is 5.73 Å². The summed E-state index contributed by atoms with van der Waals surface area (Å²) in [5.41, 5.74) is 5.83. The Bertz CT molecular complexity index is 262. The molecule has 1 aromatic rings. The molecule has 1 aromatic carbocycles. The highest BCUT2D eigenvalue weighted by Gasteiger charge is 2.03. The van der Waals surface area contributed by atoms with Crippen LogP contribution in [0.1, 0.15) is 11.6 Å². The summed E-state index contributed by atoms with van der Waals surface area (Å²) >= 11 is 0. The van der Waals surface area contributed by atoms with Gasteiger partial charge in [0.25, 0.3) is 0 Å². The third-order valence-corrected chi connectivity index (χ3v) is 1.38. The van der Waals surface area contributed by atoms with Crippen molar-refractivity contribution in [3.8, 4) is 0 Å². The van der Waals surface area contributed by atoms with Crippen LogP contribution < -0.4 is 5.73 Å². The minimum Gasteiger partial charge on any atom is -0.318 e. The quantitative estimate of drug-likeness (QED) is 0.644. The Kier molecular flexibility index (Phi) is 2.33. The lowest BCUT2D eigenvalue weighted by molar-refractivity contribution is -0.109. The predicted molar refractivity (Wildman–Crippen MR) is 39.4 cm³/mol. The van der Waals surface area contributed by atoms with Gasteiger partial charge in [-0.15, -0.1) is 0 Å². The van der Waals surface area contributed by atoms with Gasteiger partial charge in [-0.1, -0.05) is 12.1 Å². The molecular weight excluding hydrogens is 145 g/mol. The van der Waals surface area contributed by atoms with Gasteiger partial charge in [0.2, 0.25) is 0 Å². The number of carbonyl (C=O) groups is 1. The first kappa shape index (κ1) is 7.88. The largest absolute Gasteiger partial charge is 0.318 e. The smallest absolute Gasteiger partial charge is 0.141 e. The maximum Gasteiger partial charge on any atom is 0.141 e. The molecule has 3 heteroatoms. The van der Waals surface area contributed by atoms with Crippen LogP contribution in [0, 0.1) is 5.82 Å². The number of halogens is 1. The number of carbonyl (C=O) groups excluding carboxylic acids is 1. The average molecular weight is 153 g/mol. The number of nitrogens with two attached hydrogens (primary N) is 1. The van der Waals surface area contributed by atoms with Gasteiger partial charge >= 0.3 is 0 Å². The third kappa shape index (κ3) is 1.85. The van der Waals surface area contributed by atoms with E-state index in [1.54, 1.807) is 6.07 Å². The van der Waals surface area contributed by atoms with E-state index in [1.807, 2.05) is 0 Å². The van der Waals surface area contributed by atoms with E-state index in [2.05, 4.69) is 0 Å². The number of benzene rings is 1. The molecule has 58 valence electrons. The van der Waals surface area contributed by atoms with E-state index in [0.717, 1.165) is 0 Å². The molecule has 1 unspecified atom stereocenters. The Labute approximate surface area is 63.8 Å². The van der Waals surface area contributed by atoms with Gasteiger partial charge in [-0.25, -0.2) is 4.39 Å². The SMILES string of the molecule is NC(C=O)c1cccc(F)c1. The molecule has 1 atom stereocenters. The molecule has 0 bridgehead atoms. The second-order valence-corrected chi connectivity index (χ2v) is 2.22. The summed E-state index contributed by atoms with van der Waals surface area (Å²) in [5, 5.41) is 0. The molecule has 0 aliphatic carbocycles. The van der Waals surface area contributed by atoms with Crippen molar-refractivity contribution < 1.29 is 9.18 Å². The minimum absolute atomic E-state index is 0.375. The highest BCUT2D eigenvalue weighted by atomic mass is 19.1. The van der Waals surface area contributed by atoms with Crippen molar-refractivity contribution in [3.05, 3.63) is 35.6 Å². The first-order chi connectivity index (χ1) is 5.24. The lowest BCUT2D eigenvalue weighted by Gasteiger charge is -2.02. The molecule has 0 saturated heterocycles. The monoisotopic (exact) mass is 153 g/mol. The topological polar surface area (TPSA) is 43.1 Å². The Morgan fingerprint density at radius 1 is 1.55 bits per heavy atom. The highest BCUT2D eigenvalue weighted by Crippen LogP contribution is 2.08. The lowest BCUT2D eigenvalue weighted by Crippen LogP contribution is -2.11. The van der Waals surface area contributed by atoms with Gasteiger partial charge in [-0.05, 0) is 17.7 Å². The minimum atomic E-state index is -0.717. The van der Waals surface area contributed by atoms with Crippen LogP contribution in [0.4, 0.5) is 4.39 Å². The van der Waals surface area contributed by atoms with Gasteiger partial charge < -0.3 is 10.5 Å². The fourth-order valence-electron chi connectivity index (χ4n) is 0.792. The van der Waals surface area contributed by atoms with E-state index in [9.17, 15) is 9.18 Å².